The van der Waals surface area contributed by atoms with Gasteiger partial charge in [0.25, 0.3) is 5.56 Å². The van der Waals surface area contributed by atoms with E-state index in [9.17, 15) is 9.59 Å². The third-order valence-electron chi connectivity index (χ3n) is 3.42. The summed E-state index contributed by atoms with van der Waals surface area (Å²) in [5.74, 6) is 0.0990. The fraction of sp³-hybridized carbons (Fsp3) is 0.667. The Hall–Kier alpha value is -1.05. The molecule has 0 amide bonds. The topological polar surface area (TPSA) is 73.3 Å². The van der Waals surface area contributed by atoms with Gasteiger partial charge < -0.3 is 9.47 Å². The number of hydrogen-bond donors (Lipinski definition) is 1. The third kappa shape index (κ3) is 2.05. The van der Waals surface area contributed by atoms with E-state index in [4.69, 9.17) is 9.47 Å². The Labute approximate surface area is 114 Å². The predicted octanol–water partition coefficient (Wildman–Crippen LogP) is 0.692. The number of hydrogen-bond acceptors (Lipinski definition) is 5. The van der Waals surface area contributed by atoms with Gasteiger partial charge in [0.05, 0.1) is 0 Å². The molecule has 1 N–H and O–H groups in total. The van der Waals surface area contributed by atoms with Crippen molar-refractivity contribution < 1.29 is 9.47 Å². The van der Waals surface area contributed by atoms with E-state index in [1.807, 2.05) is 20.8 Å². The van der Waals surface area contributed by atoms with Crippen LogP contribution in [0.3, 0.4) is 0 Å². The van der Waals surface area contributed by atoms with E-state index in [0.29, 0.717) is 0 Å². The lowest BCUT2D eigenvalue weighted by Gasteiger charge is -2.22. The molecule has 0 aliphatic carbocycles. The summed E-state index contributed by atoms with van der Waals surface area (Å²) in [6.45, 7) is 5.73. The van der Waals surface area contributed by atoms with Crippen LogP contribution in [0.1, 0.15) is 26.1 Å². The number of thioether (sulfide) groups is 1. The maximum atomic E-state index is 11.9. The molecular formula is C12H16N2O4S. The molecule has 0 unspecified atom stereocenters. The van der Waals surface area contributed by atoms with Crippen LogP contribution in [0.25, 0.3) is 0 Å². The van der Waals surface area contributed by atoms with E-state index in [2.05, 4.69) is 4.98 Å². The Balaban J connectivity index is 2.00. The second kappa shape index (κ2) is 3.97. The van der Waals surface area contributed by atoms with Gasteiger partial charge in [-0.1, -0.05) is 0 Å². The molecule has 6 nitrogen and oxygen atoms in total. The van der Waals surface area contributed by atoms with E-state index in [-0.39, 0.29) is 11.5 Å². The van der Waals surface area contributed by atoms with Crippen LogP contribution in [0, 0.1) is 0 Å². The van der Waals surface area contributed by atoms with Gasteiger partial charge in [-0.05, 0) is 20.8 Å². The number of H-pyrrole nitrogens is 1. The zero-order valence-corrected chi connectivity index (χ0v) is 11.8. The molecule has 0 aromatic carbocycles. The molecule has 0 radical (unpaired) electrons. The Kier molecular flexibility index (Phi) is 2.71. The number of ether oxygens (including phenoxy) is 2. The fourth-order valence-electron chi connectivity index (χ4n) is 2.74. The number of aromatic amines is 1. The van der Waals surface area contributed by atoms with Gasteiger partial charge in [-0.2, -0.15) is 0 Å². The number of nitrogens with zero attached hydrogens (tertiary/aromatic N) is 1. The first-order chi connectivity index (χ1) is 8.81. The molecule has 0 saturated carbocycles. The van der Waals surface area contributed by atoms with Gasteiger partial charge in [0, 0.05) is 18.0 Å². The molecule has 3 atom stereocenters. The maximum absolute atomic E-state index is 11.9. The minimum absolute atomic E-state index is 0.184. The standard InChI is InChI=1S/C12H16N2O4S/c1-11(2)17-8-9(19-6-12(8,3)18-11)14-5-4-7(15)13-10(14)16/h4-5,8-9H,6H2,1-3H3,(H,13,15,16)/t8-,9+,12+/m0/s1. The summed E-state index contributed by atoms with van der Waals surface area (Å²) >= 11 is 1.60. The van der Waals surface area contributed by atoms with Gasteiger partial charge in [-0.3, -0.25) is 14.3 Å². The summed E-state index contributed by atoms with van der Waals surface area (Å²) in [5, 5.41) is -0.184. The van der Waals surface area contributed by atoms with Crippen molar-refractivity contribution >= 4 is 11.8 Å². The fourth-order valence-corrected chi connectivity index (χ4v) is 4.31. The average Bonchev–Trinajstić information content (AvgIpc) is 2.68. The summed E-state index contributed by atoms with van der Waals surface area (Å²) in [5.41, 5.74) is -1.22. The molecule has 2 fully saturated rings. The van der Waals surface area contributed by atoms with Gasteiger partial charge in [-0.25, -0.2) is 4.79 Å². The van der Waals surface area contributed by atoms with Gasteiger partial charge in [0.15, 0.2) is 5.79 Å². The molecule has 3 heterocycles. The van der Waals surface area contributed by atoms with E-state index in [1.165, 1.54) is 16.8 Å². The summed E-state index contributed by atoms with van der Waals surface area (Å²) in [7, 11) is 0. The van der Waals surface area contributed by atoms with Crippen molar-refractivity contribution in [2.24, 2.45) is 0 Å². The van der Waals surface area contributed by atoms with Crippen molar-refractivity contribution in [2.45, 2.75) is 43.6 Å². The van der Waals surface area contributed by atoms with E-state index >= 15 is 0 Å². The number of rotatable bonds is 1. The van der Waals surface area contributed by atoms with Crippen LogP contribution < -0.4 is 11.2 Å². The van der Waals surface area contributed by atoms with Crippen molar-refractivity contribution in [1.82, 2.24) is 9.55 Å². The minimum atomic E-state index is -0.648. The molecule has 1 aromatic rings. The van der Waals surface area contributed by atoms with Crippen LogP contribution in [0.4, 0.5) is 0 Å². The predicted molar refractivity (Wildman–Crippen MR) is 71.3 cm³/mol. The van der Waals surface area contributed by atoms with E-state index < -0.39 is 22.6 Å². The summed E-state index contributed by atoms with van der Waals surface area (Å²) in [6, 6.07) is 1.35. The first-order valence-corrected chi connectivity index (χ1v) is 7.17. The summed E-state index contributed by atoms with van der Waals surface area (Å²) < 4.78 is 13.4. The zero-order chi connectivity index (χ0) is 13.8. The van der Waals surface area contributed by atoms with Crippen LogP contribution >= 0.6 is 11.8 Å². The SMILES string of the molecule is CC1(C)O[C@H]2[C@H](n3ccc(=O)[nH]c3=O)SC[C@@]2(C)O1. The second-order valence-corrected chi connectivity index (χ2v) is 6.68. The Bertz CT molecular complexity index is 623. The van der Waals surface area contributed by atoms with Crippen molar-refractivity contribution in [1.29, 1.82) is 0 Å². The molecule has 3 rings (SSSR count). The summed E-state index contributed by atoms with van der Waals surface area (Å²) in [6.07, 6.45) is 1.30. The van der Waals surface area contributed by atoms with Crippen LogP contribution in [0.5, 0.6) is 0 Å². The highest BCUT2D eigenvalue weighted by Crippen LogP contribution is 2.52. The zero-order valence-electron chi connectivity index (χ0n) is 11.0. The monoisotopic (exact) mass is 284 g/mol. The first kappa shape index (κ1) is 13.0. The number of fused-ring (bicyclic) bond motifs is 1. The molecule has 2 aliphatic rings. The van der Waals surface area contributed by atoms with Crippen LogP contribution in [0.2, 0.25) is 0 Å². The number of nitrogens with one attached hydrogen (secondary N) is 1. The number of aromatic nitrogens is 2. The summed E-state index contributed by atoms with van der Waals surface area (Å²) in [4.78, 5) is 25.3. The Morgan fingerprint density at radius 1 is 1.42 bits per heavy atom. The van der Waals surface area contributed by atoms with Gasteiger partial charge >= 0.3 is 5.69 Å². The Morgan fingerprint density at radius 3 is 2.84 bits per heavy atom. The molecule has 7 heteroatoms. The molecule has 0 bridgehead atoms. The van der Waals surface area contributed by atoms with Crippen LogP contribution in [0.15, 0.2) is 21.9 Å². The highest BCUT2D eigenvalue weighted by atomic mass is 32.2. The first-order valence-electron chi connectivity index (χ1n) is 6.12. The third-order valence-corrected chi connectivity index (χ3v) is 4.97. The molecule has 104 valence electrons. The maximum Gasteiger partial charge on any atom is 0.329 e. The lowest BCUT2D eigenvalue weighted by molar-refractivity contribution is -0.158. The van der Waals surface area contributed by atoms with Crippen molar-refractivity contribution in [2.75, 3.05) is 5.75 Å². The molecule has 0 spiro atoms. The normalized spacial score (nSPS) is 36.4. The lowest BCUT2D eigenvalue weighted by Crippen LogP contribution is -2.40. The second-order valence-electron chi connectivity index (χ2n) is 5.57. The molecule has 2 aliphatic heterocycles. The molecular weight excluding hydrogens is 268 g/mol. The smallest absolute Gasteiger partial charge is 0.329 e. The highest BCUT2D eigenvalue weighted by molar-refractivity contribution is 7.99. The Morgan fingerprint density at radius 2 is 2.16 bits per heavy atom. The molecule has 1 aromatic heterocycles. The van der Waals surface area contributed by atoms with Gasteiger partial charge in [0.2, 0.25) is 0 Å². The van der Waals surface area contributed by atoms with Crippen LogP contribution in [-0.2, 0) is 9.47 Å². The lowest BCUT2D eigenvalue weighted by atomic mass is 10.0. The van der Waals surface area contributed by atoms with E-state index in [0.717, 1.165) is 5.75 Å². The minimum Gasteiger partial charge on any atom is -0.341 e. The van der Waals surface area contributed by atoms with Gasteiger partial charge in [-0.15, -0.1) is 11.8 Å². The van der Waals surface area contributed by atoms with Crippen LogP contribution in [-0.4, -0.2) is 32.8 Å². The van der Waals surface area contributed by atoms with E-state index in [1.54, 1.807) is 11.8 Å². The quantitative estimate of drug-likeness (QED) is 0.821. The average molecular weight is 284 g/mol. The largest absolute Gasteiger partial charge is 0.341 e. The van der Waals surface area contributed by atoms with Gasteiger partial charge in [0.1, 0.15) is 17.1 Å². The molecule has 19 heavy (non-hydrogen) atoms. The molecule has 2 saturated heterocycles. The highest BCUT2D eigenvalue weighted by Gasteiger charge is 2.58. The van der Waals surface area contributed by atoms with Crippen molar-refractivity contribution in [3.05, 3.63) is 33.1 Å². The van der Waals surface area contributed by atoms with Crippen molar-refractivity contribution in [3.63, 3.8) is 0 Å². The van der Waals surface area contributed by atoms with Crippen molar-refractivity contribution in [3.8, 4) is 0 Å².